The first-order chi connectivity index (χ1) is 24.2. The van der Waals surface area contributed by atoms with Crippen molar-refractivity contribution < 1.29 is 58.0 Å². The largest absolute Gasteiger partial charge is 0.481 e. The van der Waals surface area contributed by atoms with Gasteiger partial charge in [0, 0.05) is 12.8 Å². The van der Waals surface area contributed by atoms with Gasteiger partial charge in [-0.15, -0.1) is 0 Å². The Labute approximate surface area is 292 Å². The van der Waals surface area contributed by atoms with E-state index < -0.39 is 96.8 Å². The Morgan fingerprint density at radius 2 is 1.41 bits per heavy atom. The van der Waals surface area contributed by atoms with E-state index in [0.29, 0.717) is 16.1 Å². The molecule has 6 amide bonds. The molecule has 274 valence electrons. The van der Waals surface area contributed by atoms with Crippen LogP contribution in [0.2, 0.25) is 0 Å². The van der Waals surface area contributed by atoms with E-state index in [9.17, 15) is 43.5 Å². The minimum atomic E-state index is -1.54. The Balaban J connectivity index is 1.65. The molecule has 18 heteroatoms. The number of amides is 6. The van der Waals surface area contributed by atoms with Gasteiger partial charge in [-0.05, 0) is 23.5 Å². The Morgan fingerprint density at radius 1 is 0.804 bits per heavy atom. The number of carbonyl (C=O) groups excluding carboxylic acids is 6. The van der Waals surface area contributed by atoms with Gasteiger partial charge in [0.1, 0.15) is 31.3 Å². The molecule has 0 radical (unpaired) electrons. The lowest BCUT2D eigenvalue weighted by molar-refractivity contribution is -0.151. The van der Waals surface area contributed by atoms with Gasteiger partial charge in [-0.3, -0.25) is 39.0 Å². The highest BCUT2D eigenvalue weighted by atomic mass is 16.6. The molecule has 51 heavy (non-hydrogen) atoms. The molecule has 1 heterocycles. The Morgan fingerprint density at radius 3 is 1.96 bits per heavy atom. The van der Waals surface area contributed by atoms with Crippen LogP contribution in [0, 0.1) is 5.92 Å². The number of carboxylic acid groups (broad SMARTS) is 2. The summed E-state index contributed by atoms with van der Waals surface area (Å²) in [7, 11) is 0. The molecule has 0 aliphatic carbocycles. The van der Waals surface area contributed by atoms with Crippen molar-refractivity contribution in [1.82, 2.24) is 26.4 Å². The van der Waals surface area contributed by atoms with E-state index in [2.05, 4.69) is 21.4 Å². The highest BCUT2D eigenvalue weighted by molar-refractivity contribution is 5.99. The molecule has 8 N–H and O–H groups in total. The number of nitrogens with one attached hydrogen (secondary N) is 4. The maximum atomic E-state index is 13.3. The molecule has 0 saturated carbocycles. The molecule has 2 aromatic carbocycles. The van der Waals surface area contributed by atoms with Crippen molar-refractivity contribution >= 4 is 47.6 Å². The summed E-state index contributed by atoms with van der Waals surface area (Å²) in [5.74, 6) is -8.31. The van der Waals surface area contributed by atoms with Crippen molar-refractivity contribution in [3.05, 3.63) is 71.8 Å². The van der Waals surface area contributed by atoms with Crippen LogP contribution in [-0.4, -0.2) is 99.7 Å². The number of alkyl carbamates (subject to hydrolysis) is 1. The highest BCUT2D eigenvalue weighted by Gasteiger charge is 2.53. The van der Waals surface area contributed by atoms with Crippen LogP contribution in [0.25, 0.3) is 0 Å². The second kappa shape index (κ2) is 18.6. The van der Waals surface area contributed by atoms with Crippen LogP contribution < -0.4 is 27.1 Å². The molecular weight excluding hydrogens is 672 g/mol. The first kappa shape index (κ1) is 39.4. The zero-order valence-electron chi connectivity index (χ0n) is 27.8. The average molecular weight is 713 g/mol. The third-order valence-electron chi connectivity index (χ3n) is 7.46. The summed E-state index contributed by atoms with van der Waals surface area (Å²) >= 11 is 0. The standard InChI is InChI=1S/C33H40N6O12/c1-18(2)25(37-29(45)21(13-14-23(40)41)36-33(49)50-17-20-11-7-4-8-12-20)30(46)38-39(16-24(42)43)32(48)27-26(51-27)31(47)35-22(28(34)44)15-19-9-5-3-6-10-19/h3-12,18,21-22,25-27H,13-17H2,1-2H3,(H2,34,44)(H,35,47)(H,36,49)(H,37,45)(H,38,46)(H,40,41)(H,42,43)/t21-,22-,25-,26+,27+/m0/s1. The number of nitrogens with two attached hydrogens (primary N) is 1. The summed E-state index contributed by atoms with van der Waals surface area (Å²) in [6, 6.07) is 13.2. The van der Waals surface area contributed by atoms with Crippen molar-refractivity contribution in [3.63, 3.8) is 0 Å². The molecule has 5 atom stereocenters. The van der Waals surface area contributed by atoms with Crippen LogP contribution in [0.3, 0.4) is 0 Å². The number of nitrogens with zero attached hydrogens (tertiary/aromatic N) is 1. The van der Waals surface area contributed by atoms with Crippen molar-refractivity contribution in [1.29, 1.82) is 0 Å². The van der Waals surface area contributed by atoms with Crippen molar-refractivity contribution in [2.75, 3.05) is 6.54 Å². The molecule has 1 aliphatic rings. The van der Waals surface area contributed by atoms with E-state index in [1.54, 1.807) is 60.7 Å². The smallest absolute Gasteiger partial charge is 0.408 e. The quantitative estimate of drug-likeness (QED) is 0.0740. The number of carbonyl (C=O) groups is 8. The molecule has 3 rings (SSSR count). The molecule has 0 spiro atoms. The topological polar surface area (TPSA) is 276 Å². The monoisotopic (exact) mass is 712 g/mol. The Bertz CT molecular complexity index is 1590. The van der Waals surface area contributed by atoms with Gasteiger partial charge in [-0.1, -0.05) is 74.5 Å². The summed E-state index contributed by atoms with van der Waals surface area (Å²) in [4.78, 5) is 99.9. The molecule has 1 aliphatic heterocycles. The van der Waals surface area contributed by atoms with Gasteiger partial charge in [0.25, 0.3) is 17.7 Å². The number of epoxide rings is 1. The van der Waals surface area contributed by atoms with Gasteiger partial charge in [-0.2, -0.15) is 0 Å². The Kier molecular flexibility index (Phi) is 14.4. The maximum Gasteiger partial charge on any atom is 0.408 e. The van der Waals surface area contributed by atoms with Crippen molar-refractivity contribution in [2.24, 2.45) is 11.7 Å². The van der Waals surface area contributed by atoms with E-state index in [1.165, 1.54) is 13.8 Å². The molecular formula is C33H40N6O12. The van der Waals surface area contributed by atoms with Crippen LogP contribution in [0.1, 0.15) is 37.8 Å². The van der Waals surface area contributed by atoms with Gasteiger partial charge in [0.05, 0.1) is 0 Å². The van der Waals surface area contributed by atoms with Gasteiger partial charge in [-0.25, -0.2) is 9.80 Å². The van der Waals surface area contributed by atoms with E-state index >= 15 is 0 Å². The number of hydrogen-bond acceptors (Lipinski definition) is 10. The lowest BCUT2D eigenvalue weighted by Crippen LogP contribution is -2.60. The fourth-order valence-corrected chi connectivity index (χ4v) is 4.72. The third-order valence-corrected chi connectivity index (χ3v) is 7.46. The Hall–Kier alpha value is -6.04. The zero-order chi connectivity index (χ0) is 37.7. The van der Waals surface area contributed by atoms with Crippen LogP contribution in [0.15, 0.2) is 60.7 Å². The normalized spacial score (nSPS) is 16.4. The molecule has 0 aromatic heterocycles. The number of hydrazine groups is 1. The molecule has 0 bridgehead atoms. The van der Waals surface area contributed by atoms with Crippen LogP contribution in [0.4, 0.5) is 4.79 Å². The summed E-state index contributed by atoms with van der Waals surface area (Å²) in [5.41, 5.74) is 8.91. The summed E-state index contributed by atoms with van der Waals surface area (Å²) < 4.78 is 10.3. The van der Waals surface area contributed by atoms with Crippen molar-refractivity contribution in [2.45, 2.75) is 70.1 Å². The van der Waals surface area contributed by atoms with Crippen LogP contribution in [0.5, 0.6) is 0 Å². The van der Waals surface area contributed by atoms with Crippen molar-refractivity contribution in [3.8, 4) is 0 Å². The van der Waals surface area contributed by atoms with E-state index in [1.807, 2.05) is 0 Å². The molecule has 1 saturated heterocycles. The summed E-state index contributed by atoms with van der Waals surface area (Å²) in [6.45, 7) is 1.84. The minimum absolute atomic E-state index is 0.0539. The maximum absolute atomic E-state index is 13.3. The number of rotatable bonds is 18. The summed E-state index contributed by atoms with van der Waals surface area (Å²) in [5, 5.41) is 26.1. The summed E-state index contributed by atoms with van der Waals surface area (Å²) in [6.07, 6.45) is -4.82. The highest BCUT2D eigenvalue weighted by Crippen LogP contribution is 2.24. The zero-order valence-corrected chi connectivity index (χ0v) is 27.8. The van der Waals surface area contributed by atoms with Gasteiger partial charge in [0.15, 0.2) is 12.2 Å². The fourth-order valence-electron chi connectivity index (χ4n) is 4.72. The van der Waals surface area contributed by atoms with Crippen LogP contribution >= 0.6 is 0 Å². The number of hydrogen-bond donors (Lipinski definition) is 7. The average Bonchev–Trinajstić information content (AvgIpc) is 3.89. The first-order valence-electron chi connectivity index (χ1n) is 15.8. The molecule has 0 unspecified atom stereocenters. The predicted octanol–water partition coefficient (Wildman–Crippen LogP) is -0.788. The van der Waals surface area contributed by atoms with E-state index in [-0.39, 0.29) is 19.4 Å². The number of benzene rings is 2. The van der Waals surface area contributed by atoms with Gasteiger partial charge >= 0.3 is 18.0 Å². The molecule has 1 fully saturated rings. The lowest BCUT2D eigenvalue weighted by Gasteiger charge is -2.28. The SMILES string of the molecule is CC(C)[C@H](NC(=O)[C@H](CCC(=O)O)NC(=O)OCc1ccccc1)C(=O)NN(CC(=O)O)C(=O)[C@@H]1O[C@H]1C(=O)N[C@@H](Cc1ccccc1)C(N)=O. The predicted molar refractivity (Wildman–Crippen MR) is 175 cm³/mol. The number of aliphatic carboxylic acids is 2. The van der Waals surface area contributed by atoms with Crippen LogP contribution in [-0.2, 0) is 56.1 Å². The van der Waals surface area contributed by atoms with E-state index in [0.717, 1.165) is 0 Å². The number of ether oxygens (including phenoxy) is 2. The van der Waals surface area contributed by atoms with Gasteiger partial charge < -0.3 is 41.4 Å². The van der Waals surface area contributed by atoms with Gasteiger partial charge in [0.2, 0.25) is 11.8 Å². The first-order valence-corrected chi connectivity index (χ1v) is 15.8. The lowest BCUT2D eigenvalue weighted by atomic mass is 10.0. The fraction of sp³-hybridized carbons (Fsp3) is 0.394. The number of carboxylic acids is 2. The van der Waals surface area contributed by atoms with E-state index in [4.69, 9.17) is 20.3 Å². The third kappa shape index (κ3) is 12.7. The second-order valence-electron chi connectivity index (χ2n) is 11.8. The molecule has 2 aromatic rings. The number of primary amides is 1. The second-order valence-corrected chi connectivity index (χ2v) is 11.8. The molecule has 18 nitrogen and oxygen atoms in total. The minimum Gasteiger partial charge on any atom is -0.481 e.